The quantitative estimate of drug-likeness (QED) is 0.652. The first kappa shape index (κ1) is 7.73. The minimum Gasteiger partial charge on any atom is -0.240 e. The summed E-state index contributed by atoms with van der Waals surface area (Å²) in [6.45, 7) is 4.47. The van der Waals surface area contributed by atoms with Crippen molar-refractivity contribution in [3.8, 4) is 0 Å². The van der Waals surface area contributed by atoms with Gasteiger partial charge in [0.25, 0.3) is 0 Å². The lowest BCUT2D eigenvalue weighted by molar-refractivity contribution is 0.585. The van der Waals surface area contributed by atoms with E-state index in [0.29, 0.717) is 0 Å². The minimum atomic E-state index is 0.781. The molecule has 0 fully saturated rings. The zero-order chi connectivity index (χ0) is 7.40. The van der Waals surface area contributed by atoms with Crippen molar-refractivity contribution in [3.05, 3.63) is 16.6 Å². The van der Waals surface area contributed by atoms with Crippen LogP contribution in [0.4, 0.5) is 0 Å². The first-order chi connectivity index (χ1) is 4.79. The maximum atomic E-state index is 4.08. The Balaban J connectivity index is 2.28. The molecule has 1 aromatic heterocycles. The van der Waals surface area contributed by atoms with Crippen molar-refractivity contribution in [1.82, 2.24) is 4.98 Å². The molecule has 0 aliphatic rings. The van der Waals surface area contributed by atoms with Gasteiger partial charge >= 0.3 is 0 Å². The summed E-state index contributed by atoms with van der Waals surface area (Å²) in [6, 6.07) is 0. The lowest BCUT2D eigenvalue weighted by atomic mass is 10.1. The second-order valence-corrected chi connectivity index (χ2v) is 3.75. The topological polar surface area (TPSA) is 12.9 Å². The molecule has 0 saturated heterocycles. The van der Waals surface area contributed by atoms with Gasteiger partial charge in [0.1, 0.15) is 6.20 Å². The van der Waals surface area contributed by atoms with Crippen molar-refractivity contribution in [3.63, 3.8) is 0 Å². The number of thiazole rings is 1. The molecule has 0 spiro atoms. The van der Waals surface area contributed by atoms with Crippen molar-refractivity contribution in [2.45, 2.75) is 26.7 Å². The molecule has 0 bridgehead atoms. The molecule has 0 saturated carbocycles. The molecule has 0 aliphatic heterocycles. The van der Waals surface area contributed by atoms with Gasteiger partial charge in [0, 0.05) is 5.38 Å². The fourth-order valence-electron chi connectivity index (χ4n) is 0.746. The van der Waals surface area contributed by atoms with E-state index in [2.05, 4.69) is 25.0 Å². The van der Waals surface area contributed by atoms with Crippen LogP contribution in [0.15, 0.2) is 5.38 Å². The van der Waals surface area contributed by atoms with Crippen LogP contribution in [0.1, 0.15) is 25.3 Å². The average molecular weight is 154 g/mol. The van der Waals surface area contributed by atoms with E-state index >= 15 is 0 Å². The third-order valence-corrected chi connectivity index (χ3v) is 2.16. The Bertz CT molecular complexity index is 167. The zero-order valence-electron chi connectivity index (χ0n) is 6.42. The van der Waals surface area contributed by atoms with Crippen molar-refractivity contribution in [2.75, 3.05) is 0 Å². The normalized spacial score (nSPS) is 10.7. The van der Waals surface area contributed by atoms with E-state index in [9.17, 15) is 0 Å². The molecular formula is C8H12NS. The van der Waals surface area contributed by atoms with E-state index in [4.69, 9.17) is 0 Å². The minimum absolute atomic E-state index is 0.781. The van der Waals surface area contributed by atoms with Crippen molar-refractivity contribution in [1.29, 1.82) is 0 Å². The first-order valence-electron chi connectivity index (χ1n) is 3.59. The Morgan fingerprint density at radius 2 is 2.50 bits per heavy atom. The van der Waals surface area contributed by atoms with E-state index < -0.39 is 0 Å². The molecular weight excluding hydrogens is 142 g/mol. The molecule has 1 nitrogen and oxygen atoms in total. The monoisotopic (exact) mass is 154 g/mol. The van der Waals surface area contributed by atoms with E-state index in [1.54, 1.807) is 11.3 Å². The molecule has 0 aromatic carbocycles. The van der Waals surface area contributed by atoms with Gasteiger partial charge in [0.15, 0.2) is 0 Å². The molecule has 1 aromatic rings. The maximum Gasteiger partial charge on any atom is 0.101 e. The highest BCUT2D eigenvalue weighted by atomic mass is 32.1. The predicted molar refractivity (Wildman–Crippen MR) is 44.1 cm³/mol. The summed E-state index contributed by atoms with van der Waals surface area (Å²) < 4.78 is 0. The molecule has 1 rings (SSSR count). The second-order valence-electron chi connectivity index (χ2n) is 2.80. The van der Waals surface area contributed by atoms with Gasteiger partial charge in [-0.25, -0.2) is 4.98 Å². The molecule has 0 aliphatic carbocycles. The van der Waals surface area contributed by atoms with Gasteiger partial charge in [-0.2, -0.15) is 0 Å². The largest absolute Gasteiger partial charge is 0.240 e. The summed E-state index contributed by atoms with van der Waals surface area (Å²) in [5.74, 6) is 0.781. The molecule has 0 atom stereocenters. The van der Waals surface area contributed by atoms with Crippen molar-refractivity contribution < 1.29 is 0 Å². The number of hydrogen-bond donors (Lipinski definition) is 0. The van der Waals surface area contributed by atoms with Gasteiger partial charge < -0.3 is 0 Å². The smallest absolute Gasteiger partial charge is 0.101 e. The van der Waals surface area contributed by atoms with Gasteiger partial charge in [-0.05, 0) is 18.8 Å². The van der Waals surface area contributed by atoms with Gasteiger partial charge in [-0.3, -0.25) is 0 Å². The summed E-state index contributed by atoms with van der Waals surface area (Å²) in [5.41, 5.74) is 0. The summed E-state index contributed by atoms with van der Waals surface area (Å²) in [6.07, 6.45) is 5.18. The molecule has 0 N–H and O–H groups in total. The zero-order valence-corrected chi connectivity index (χ0v) is 7.24. The summed E-state index contributed by atoms with van der Waals surface area (Å²) in [4.78, 5) is 4.08. The predicted octanol–water partition coefficient (Wildman–Crippen LogP) is 2.53. The summed E-state index contributed by atoms with van der Waals surface area (Å²) >= 11 is 1.70. The highest BCUT2D eigenvalue weighted by molar-refractivity contribution is 7.09. The van der Waals surface area contributed by atoms with Crippen LogP contribution >= 0.6 is 11.3 Å². The van der Waals surface area contributed by atoms with E-state index in [1.165, 1.54) is 11.4 Å². The van der Waals surface area contributed by atoms with E-state index in [-0.39, 0.29) is 0 Å². The molecule has 1 heterocycles. The molecule has 2 heteroatoms. The number of aromatic nitrogens is 1. The fourth-order valence-corrected chi connectivity index (χ4v) is 1.33. The Morgan fingerprint density at radius 3 is 3.00 bits per heavy atom. The van der Waals surface area contributed by atoms with Crippen molar-refractivity contribution >= 4 is 11.3 Å². The first-order valence-corrected chi connectivity index (χ1v) is 4.47. The van der Waals surface area contributed by atoms with Gasteiger partial charge in [-0.1, -0.05) is 13.8 Å². The van der Waals surface area contributed by atoms with Crippen LogP contribution in [-0.4, -0.2) is 4.98 Å². The lowest BCUT2D eigenvalue weighted by Gasteiger charge is -1.99. The van der Waals surface area contributed by atoms with Crippen LogP contribution in [0.25, 0.3) is 0 Å². The maximum absolute atomic E-state index is 4.08. The number of rotatable bonds is 3. The van der Waals surface area contributed by atoms with E-state index in [0.717, 1.165) is 12.3 Å². The molecule has 10 heavy (non-hydrogen) atoms. The number of nitrogens with zero attached hydrogens (tertiary/aromatic N) is 1. The van der Waals surface area contributed by atoms with Crippen LogP contribution in [0.2, 0.25) is 0 Å². The average Bonchev–Trinajstić information content (AvgIpc) is 2.34. The Labute approximate surface area is 66.1 Å². The summed E-state index contributed by atoms with van der Waals surface area (Å²) in [5, 5.41) is 3.13. The molecule has 0 unspecified atom stereocenters. The van der Waals surface area contributed by atoms with Gasteiger partial charge in [0.2, 0.25) is 0 Å². The highest BCUT2D eigenvalue weighted by Gasteiger charge is 1.97. The molecule has 1 radical (unpaired) electrons. The third kappa shape index (κ3) is 2.48. The van der Waals surface area contributed by atoms with Gasteiger partial charge in [-0.15, -0.1) is 11.3 Å². The highest BCUT2D eigenvalue weighted by Crippen LogP contribution is 2.10. The van der Waals surface area contributed by atoms with Crippen molar-refractivity contribution in [2.24, 2.45) is 5.92 Å². The lowest BCUT2D eigenvalue weighted by Crippen LogP contribution is -1.90. The number of aryl methyl sites for hydroxylation is 1. The second kappa shape index (κ2) is 3.71. The Morgan fingerprint density at radius 1 is 1.70 bits per heavy atom. The van der Waals surface area contributed by atoms with Crippen LogP contribution in [0, 0.1) is 12.1 Å². The third-order valence-electron chi connectivity index (χ3n) is 1.37. The molecule has 0 amide bonds. The standard InChI is InChI=1S/C8H12NS/c1-7(2)3-4-8-9-5-6-10-8/h6-7H,3-4H2,1-2H3. The Kier molecular flexibility index (Phi) is 2.87. The Hall–Kier alpha value is -0.370. The fraction of sp³-hybridized carbons (Fsp3) is 0.625. The summed E-state index contributed by atoms with van der Waals surface area (Å²) in [7, 11) is 0. The van der Waals surface area contributed by atoms with Gasteiger partial charge in [0.05, 0.1) is 5.01 Å². The van der Waals surface area contributed by atoms with Crippen LogP contribution < -0.4 is 0 Å². The van der Waals surface area contributed by atoms with Crippen LogP contribution in [-0.2, 0) is 6.42 Å². The number of hydrogen-bond acceptors (Lipinski definition) is 2. The van der Waals surface area contributed by atoms with Crippen LogP contribution in [0.5, 0.6) is 0 Å². The SMILES string of the molecule is CC(C)CCc1n[c]cs1. The molecule has 55 valence electrons. The van der Waals surface area contributed by atoms with Crippen LogP contribution in [0.3, 0.4) is 0 Å². The van der Waals surface area contributed by atoms with E-state index in [1.807, 2.05) is 5.38 Å².